The fourth-order valence-electron chi connectivity index (χ4n) is 6.20. The van der Waals surface area contributed by atoms with Crippen molar-refractivity contribution in [3.05, 3.63) is 34.9 Å². The van der Waals surface area contributed by atoms with Gasteiger partial charge >= 0.3 is 0 Å². The van der Waals surface area contributed by atoms with E-state index in [9.17, 15) is 4.79 Å². The Morgan fingerprint density at radius 3 is 2.65 bits per heavy atom. The lowest BCUT2D eigenvalue weighted by atomic mass is 9.53. The Morgan fingerprint density at radius 1 is 1.13 bits per heavy atom. The van der Waals surface area contributed by atoms with Crippen LogP contribution in [-0.2, 0) is 4.79 Å². The minimum Gasteiger partial charge on any atom is -0.295 e. The van der Waals surface area contributed by atoms with Crippen molar-refractivity contribution in [3.8, 4) is 0 Å². The molecule has 0 aliphatic heterocycles. The van der Waals surface area contributed by atoms with E-state index in [2.05, 4.69) is 39.8 Å². The predicted octanol–water partition coefficient (Wildman–Crippen LogP) is 5.63. The predicted molar refractivity (Wildman–Crippen MR) is 95.0 cm³/mol. The van der Waals surface area contributed by atoms with Gasteiger partial charge in [-0.3, -0.25) is 4.79 Å². The fraction of sp³-hybridized carbons (Fsp3) is 0.682. The van der Waals surface area contributed by atoms with Gasteiger partial charge in [0.05, 0.1) is 0 Å². The summed E-state index contributed by atoms with van der Waals surface area (Å²) in [5.74, 6) is 2.58. The van der Waals surface area contributed by atoms with Crippen LogP contribution in [0.5, 0.6) is 0 Å². The molecule has 1 unspecified atom stereocenters. The number of carbonyl (C=O) groups is 1. The molecule has 23 heavy (non-hydrogen) atoms. The molecule has 0 saturated heterocycles. The molecule has 4 aliphatic carbocycles. The van der Waals surface area contributed by atoms with Gasteiger partial charge in [0.25, 0.3) is 0 Å². The van der Waals surface area contributed by atoms with Crippen LogP contribution in [-0.4, -0.2) is 5.78 Å². The molecular formula is C22H30O. The summed E-state index contributed by atoms with van der Waals surface area (Å²) in [4.78, 5) is 11.8. The van der Waals surface area contributed by atoms with Crippen LogP contribution in [0.1, 0.15) is 66.2 Å². The van der Waals surface area contributed by atoms with Gasteiger partial charge in [-0.25, -0.2) is 0 Å². The zero-order chi connectivity index (χ0) is 16.4. The summed E-state index contributed by atoms with van der Waals surface area (Å²) in [6, 6.07) is 0. The SMILES string of the molecule is CC(C)[C@@]1(C)CC[C@H]2C3CCC4=CC(=O)CCC4=C3C=C[C@@]21C. The van der Waals surface area contributed by atoms with E-state index in [4.69, 9.17) is 0 Å². The van der Waals surface area contributed by atoms with Crippen molar-refractivity contribution in [3.63, 3.8) is 0 Å². The van der Waals surface area contributed by atoms with Crippen molar-refractivity contribution in [2.75, 3.05) is 0 Å². The number of hydrogen-bond donors (Lipinski definition) is 0. The van der Waals surface area contributed by atoms with Crippen LogP contribution in [0.2, 0.25) is 0 Å². The summed E-state index contributed by atoms with van der Waals surface area (Å²) in [7, 11) is 0. The zero-order valence-corrected chi connectivity index (χ0v) is 15.1. The highest BCUT2D eigenvalue weighted by molar-refractivity contribution is 5.93. The molecule has 0 spiro atoms. The van der Waals surface area contributed by atoms with Crippen LogP contribution in [0.4, 0.5) is 0 Å². The Bertz CT molecular complexity index is 647. The van der Waals surface area contributed by atoms with Gasteiger partial charge in [0, 0.05) is 6.42 Å². The summed E-state index contributed by atoms with van der Waals surface area (Å²) in [6.45, 7) is 9.86. The number of carbonyl (C=O) groups excluding carboxylic acids is 1. The van der Waals surface area contributed by atoms with Gasteiger partial charge in [0.1, 0.15) is 0 Å². The number of ketones is 1. The molecule has 4 rings (SSSR count). The lowest BCUT2D eigenvalue weighted by molar-refractivity contribution is -0.114. The molecule has 0 aromatic heterocycles. The average molecular weight is 310 g/mol. The second-order valence-electron chi connectivity index (χ2n) is 9.05. The van der Waals surface area contributed by atoms with Crippen LogP contribution >= 0.6 is 0 Å². The van der Waals surface area contributed by atoms with Gasteiger partial charge in [0.15, 0.2) is 5.78 Å². The molecule has 1 saturated carbocycles. The van der Waals surface area contributed by atoms with Crippen molar-refractivity contribution in [1.82, 2.24) is 0 Å². The van der Waals surface area contributed by atoms with E-state index in [0.29, 0.717) is 23.0 Å². The minimum atomic E-state index is 0.334. The molecule has 0 N–H and O–H groups in total. The van der Waals surface area contributed by atoms with Crippen molar-refractivity contribution in [1.29, 1.82) is 0 Å². The molecule has 1 nitrogen and oxygen atoms in total. The van der Waals surface area contributed by atoms with E-state index >= 15 is 0 Å². The Labute approximate surface area is 140 Å². The molecule has 1 fully saturated rings. The van der Waals surface area contributed by atoms with Crippen LogP contribution in [0.25, 0.3) is 0 Å². The second kappa shape index (κ2) is 4.94. The summed E-state index contributed by atoms with van der Waals surface area (Å²) in [6.07, 6.45) is 13.8. The first-order valence-electron chi connectivity index (χ1n) is 9.53. The van der Waals surface area contributed by atoms with Crippen LogP contribution in [0.3, 0.4) is 0 Å². The summed E-state index contributed by atoms with van der Waals surface area (Å²) in [5, 5.41) is 0. The smallest absolute Gasteiger partial charge is 0.156 e. The standard InChI is InChI=1S/C22H30O/c1-14(2)21(3)12-10-20-19-7-5-15-13-16(23)6-8-17(15)18(19)9-11-22(20,21)4/h9,11,13-14,19-20H,5-8,10,12H2,1-4H3/t19?,20-,21+,22-/m0/s1. The minimum absolute atomic E-state index is 0.334. The van der Waals surface area contributed by atoms with E-state index in [1.165, 1.54) is 30.4 Å². The number of allylic oxidation sites excluding steroid dienone is 6. The van der Waals surface area contributed by atoms with Gasteiger partial charge < -0.3 is 0 Å². The molecular weight excluding hydrogens is 280 g/mol. The molecule has 4 aliphatic rings. The Balaban J connectivity index is 1.81. The molecule has 0 radical (unpaired) electrons. The van der Waals surface area contributed by atoms with E-state index < -0.39 is 0 Å². The highest BCUT2D eigenvalue weighted by Gasteiger charge is 2.58. The van der Waals surface area contributed by atoms with Crippen LogP contribution < -0.4 is 0 Å². The van der Waals surface area contributed by atoms with Gasteiger partial charge in [-0.15, -0.1) is 0 Å². The molecule has 4 atom stereocenters. The zero-order valence-electron chi connectivity index (χ0n) is 15.1. The second-order valence-corrected chi connectivity index (χ2v) is 9.05. The molecule has 1 heteroatoms. The topological polar surface area (TPSA) is 17.1 Å². The number of rotatable bonds is 1. The van der Waals surface area contributed by atoms with Gasteiger partial charge in [-0.2, -0.15) is 0 Å². The van der Waals surface area contributed by atoms with E-state index in [1.807, 2.05) is 6.08 Å². The third kappa shape index (κ3) is 1.95. The number of hydrogen-bond acceptors (Lipinski definition) is 1. The summed E-state index contributed by atoms with van der Waals surface area (Å²) in [5.41, 5.74) is 5.22. The average Bonchev–Trinajstić information content (AvgIpc) is 2.80. The lowest BCUT2D eigenvalue weighted by Gasteiger charge is -2.51. The monoisotopic (exact) mass is 310 g/mol. The normalized spacial score (nSPS) is 42.5. The van der Waals surface area contributed by atoms with Crippen molar-refractivity contribution >= 4 is 5.78 Å². The van der Waals surface area contributed by atoms with Crippen LogP contribution in [0, 0.1) is 28.6 Å². The first kappa shape index (κ1) is 15.4. The number of fused-ring (bicyclic) bond motifs is 4. The molecule has 0 aromatic rings. The van der Waals surface area contributed by atoms with Crippen molar-refractivity contribution < 1.29 is 4.79 Å². The molecule has 124 valence electrons. The van der Waals surface area contributed by atoms with Crippen LogP contribution in [0.15, 0.2) is 34.9 Å². The Hall–Kier alpha value is -1.11. The highest BCUT2D eigenvalue weighted by atomic mass is 16.1. The largest absolute Gasteiger partial charge is 0.295 e. The third-order valence-electron chi connectivity index (χ3n) is 8.16. The van der Waals surface area contributed by atoms with Crippen molar-refractivity contribution in [2.24, 2.45) is 28.6 Å². The molecule has 0 aromatic carbocycles. The summed E-state index contributed by atoms with van der Waals surface area (Å²) < 4.78 is 0. The first-order chi connectivity index (χ1) is 10.9. The van der Waals surface area contributed by atoms with Crippen molar-refractivity contribution in [2.45, 2.75) is 66.2 Å². The van der Waals surface area contributed by atoms with Gasteiger partial charge in [0.2, 0.25) is 0 Å². The molecule has 0 bridgehead atoms. The van der Waals surface area contributed by atoms with Gasteiger partial charge in [-0.1, -0.05) is 39.8 Å². The summed E-state index contributed by atoms with van der Waals surface area (Å²) >= 11 is 0. The maximum Gasteiger partial charge on any atom is 0.156 e. The Kier molecular flexibility index (Phi) is 3.31. The quantitative estimate of drug-likeness (QED) is 0.613. The van der Waals surface area contributed by atoms with Gasteiger partial charge in [-0.05, 0) is 83.5 Å². The molecule has 0 amide bonds. The van der Waals surface area contributed by atoms with E-state index in [1.54, 1.807) is 5.57 Å². The Morgan fingerprint density at radius 2 is 1.91 bits per heavy atom. The lowest BCUT2D eigenvalue weighted by Crippen LogP contribution is -2.44. The molecule has 0 heterocycles. The van der Waals surface area contributed by atoms with E-state index in [-0.39, 0.29) is 0 Å². The highest BCUT2D eigenvalue weighted by Crippen LogP contribution is 2.66. The third-order valence-corrected chi connectivity index (χ3v) is 8.16. The first-order valence-corrected chi connectivity index (χ1v) is 9.53. The maximum absolute atomic E-state index is 11.8. The maximum atomic E-state index is 11.8. The van der Waals surface area contributed by atoms with E-state index in [0.717, 1.165) is 30.6 Å². The fourth-order valence-corrected chi connectivity index (χ4v) is 6.20.